The summed E-state index contributed by atoms with van der Waals surface area (Å²) in [4.78, 5) is 7.83. The molecule has 0 aliphatic rings. The molecule has 0 unspecified atom stereocenters. The minimum absolute atomic E-state index is 0.245. The van der Waals surface area contributed by atoms with Crippen LogP contribution >= 0.6 is 23.4 Å². The molecule has 0 atom stereocenters. The number of hydrogen-bond acceptors (Lipinski definition) is 5. The van der Waals surface area contributed by atoms with Crippen molar-refractivity contribution < 1.29 is 0 Å². The van der Waals surface area contributed by atoms with Crippen LogP contribution in [0.2, 0.25) is 5.02 Å². The van der Waals surface area contributed by atoms with Crippen molar-refractivity contribution in [2.75, 3.05) is 29.6 Å². The Morgan fingerprint density at radius 1 is 1.44 bits per heavy atom. The molecule has 0 aliphatic carbocycles. The molecule has 0 fully saturated rings. The standard InChI is InChI=1S/C10H17ClN4S/c1-16-6-4-2-3-5-13-9-8(11)7-14-10(12)15-9/h7H,2-6H2,1H3,(H3,12,13,14,15). The normalized spacial score (nSPS) is 10.4. The molecular weight excluding hydrogens is 244 g/mol. The van der Waals surface area contributed by atoms with E-state index in [2.05, 4.69) is 21.5 Å². The summed E-state index contributed by atoms with van der Waals surface area (Å²) in [5.74, 6) is 2.09. The third-order valence-electron chi connectivity index (χ3n) is 2.08. The lowest BCUT2D eigenvalue weighted by atomic mass is 10.2. The SMILES string of the molecule is CSCCCCCNc1nc(N)ncc1Cl. The minimum atomic E-state index is 0.245. The van der Waals surface area contributed by atoms with Gasteiger partial charge in [0.15, 0.2) is 0 Å². The van der Waals surface area contributed by atoms with E-state index < -0.39 is 0 Å². The Labute approximate surface area is 105 Å². The highest BCUT2D eigenvalue weighted by Crippen LogP contribution is 2.18. The summed E-state index contributed by atoms with van der Waals surface area (Å²) >= 11 is 7.79. The third-order valence-corrected chi connectivity index (χ3v) is 3.05. The average molecular weight is 261 g/mol. The van der Waals surface area contributed by atoms with Gasteiger partial charge in [0.25, 0.3) is 0 Å². The predicted octanol–water partition coefficient (Wildman–Crippen LogP) is 2.66. The molecular formula is C10H17ClN4S. The van der Waals surface area contributed by atoms with Crippen molar-refractivity contribution >= 4 is 35.1 Å². The van der Waals surface area contributed by atoms with Gasteiger partial charge in [0, 0.05) is 6.54 Å². The number of hydrogen-bond donors (Lipinski definition) is 2. The number of anilines is 2. The van der Waals surface area contributed by atoms with Crippen molar-refractivity contribution in [1.29, 1.82) is 0 Å². The van der Waals surface area contributed by atoms with Gasteiger partial charge in [-0.15, -0.1) is 0 Å². The van der Waals surface area contributed by atoms with Gasteiger partial charge in [-0.25, -0.2) is 4.98 Å². The summed E-state index contributed by atoms with van der Waals surface area (Å²) in [5, 5.41) is 3.67. The van der Waals surface area contributed by atoms with Crippen molar-refractivity contribution in [2.24, 2.45) is 0 Å². The van der Waals surface area contributed by atoms with E-state index in [1.54, 1.807) is 0 Å². The molecule has 90 valence electrons. The first-order valence-electron chi connectivity index (χ1n) is 5.25. The summed E-state index contributed by atoms with van der Waals surface area (Å²) < 4.78 is 0. The van der Waals surface area contributed by atoms with E-state index in [4.69, 9.17) is 17.3 Å². The van der Waals surface area contributed by atoms with Crippen molar-refractivity contribution in [3.05, 3.63) is 11.2 Å². The third kappa shape index (κ3) is 4.90. The van der Waals surface area contributed by atoms with E-state index in [1.165, 1.54) is 24.8 Å². The average Bonchev–Trinajstić information content (AvgIpc) is 2.28. The van der Waals surface area contributed by atoms with Gasteiger partial charge in [0.05, 0.1) is 6.20 Å². The number of rotatable bonds is 7. The van der Waals surface area contributed by atoms with Crippen LogP contribution in [-0.2, 0) is 0 Å². The van der Waals surface area contributed by atoms with E-state index >= 15 is 0 Å². The maximum Gasteiger partial charge on any atom is 0.222 e. The van der Waals surface area contributed by atoms with Gasteiger partial charge >= 0.3 is 0 Å². The zero-order valence-corrected chi connectivity index (χ0v) is 10.9. The van der Waals surface area contributed by atoms with E-state index in [0.29, 0.717) is 10.8 Å². The summed E-state index contributed by atoms with van der Waals surface area (Å²) in [7, 11) is 0. The first-order valence-corrected chi connectivity index (χ1v) is 7.02. The monoisotopic (exact) mass is 260 g/mol. The second-order valence-corrected chi connectivity index (χ2v) is 4.80. The maximum atomic E-state index is 5.91. The van der Waals surface area contributed by atoms with E-state index in [9.17, 15) is 0 Å². The number of halogens is 1. The summed E-state index contributed by atoms with van der Waals surface area (Å²) in [6.07, 6.45) is 7.22. The maximum absolute atomic E-state index is 5.91. The van der Waals surface area contributed by atoms with Crippen LogP contribution in [-0.4, -0.2) is 28.5 Å². The molecule has 0 aromatic carbocycles. The molecule has 0 saturated carbocycles. The Hall–Kier alpha value is -0.680. The van der Waals surface area contributed by atoms with Crippen LogP contribution < -0.4 is 11.1 Å². The topological polar surface area (TPSA) is 63.8 Å². The molecule has 1 aromatic rings. The molecule has 1 aromatic heterocycles. The molecule has 0 radical (unpaired) electrons. The lowest BCUT2D eigenvalue weighted by Gasteiger charge is -2.07. The summed E-state index contributed by atoms with van der Waals surface area (Å²) in [6.45, 7) is 0.866. The van der Waals surface area contributed by atoms with Crippen LogP contribution in [0.5, 0.6) is 0 Å². The molecule has 3 N–H and O–H groups in total. The summed E-state index contributed by atoms with van der Waals surface area (Å²) in [6, 6.07) is 0. The smallest absolute Gasteiger partial charge is 0.222 e. The number of nitrogen functional groups attached to an aromatic ring is 1. The van der Waals surface area contributed by atoms with Gasteiger partial charge in [-0.2, -0.15) is 16.7 Å². The molecule has 1 heterocycles. The van der Waals surface area contributed by atoms with Gasteiger partial charge in [0.2, 0.25) is 5.95 Å². The van der Waals surface area contributed by atoms with Gasteiger partial charge in [-0.3, -0.25) is 0 Å². The first kappa shape index (κ1) is 13.4. The van der Waals surface area contributed by atoms with Gasteiger partial charge in [-0.05, 0) is 24.9 Å². The Kier molecular flexibility index (Phi) is 6.33. The Balaban J connectivity index is 2.23. The largest absolute Gasteiger partial charge is 0.369 e. The fourth-order valence-corrected chi connectivity index (χ4v) is 1.91. The van der Waals surface area contributed by atoms with Crippen LogP contribution in [0.3, 0.4) is 0 Å². The number of nitrogens with one attached hydrogen (secondary N) is 1. The lowest BCUT2D eigenvalue weighted by molar-refractivity contribution is 0.748. The highest BCUT2D eigenvalue weighted by atomic mass is 35.5. The van der Waals surface area contributed by atoms with Crippen LogP contribution in [0.4, 0.5) is 11.8 Å². The first-order chi connectivity index (χ1) is 7.74. The minimum Gasteiger partial charge on any atom is -0.369 e. The lowest BCUT2D eigenvalue weighted by Crippen LogP contribution is -2.06. The van der Waals surface area contributed by atoms with Crippen molar-refractivity contribution in [2.45, 2.75) is 19.3 Å². The number of thioether (sulfide) groups is 1. The van der Waals surface area contributed by atoms with E-state index in [0.717, 1.165) is 13.0 Å². The molecule has 0 saturated heterocycles. The molecule has 0 aliphatic heterocycles. The molecule has 0 amide bonds. The van der Waals surface area contributed by atoms with E-state index in [1.807, 2.05) is 11.8 Å². The van der Waals surface area contributed by atoms with Gasteiger partial charge in [0.1, 0.15) is 10.8 Å². The van der Waals surface area contributed by atoms with Gasteiger partial charge < -0.3 is 11.1 Å². The molecule has 1 rings (SSSR count). The predicted molar refractivity (Wildman–Crippen MR) is 72.2 cm³/mol. The van der Waals surface area contributed by atoms with Crippen molar-refractivity contribution in [3.8, 4) is 0 Å². The number of nitrogens with zero attached hydrogens (tertiary/aromatic N) is 2. The van der Waals surface area contributed by atoms with Crippen LogP contribution in [0.15, 0.2) is 6.20 Å². The number of aromatic nitrogens is 2. The molecule has 0 spiro atoms. The van der Waals surface area contributed by atoms with E-state index in [-0.39, 0.29) is 5.95 Å². The quantitative estimate of drug-likeness (QED) is 0.738. The number of nitrogens with two attached hydrogens (primary N) is 1. The van der Waals surface area contributed by atoms with Crippen molar-refractivity contribution in [1.82, 2.24) is 9.97 Å². The zero-order valence-electron chi connectivity index (χ0n) is 9.37. The number of unbranched alkanes of at least 4 members (excludes halogenated alkanes) is 2. The Bertz CT molecular complexity index is 322. The molecule has 6 heteroatoms. The fraction of sp³-hybridized carbons (Fsp3) is 0.600. The second kappa shape index (κ2) is 7.57. The Morgan fingerprint density at radius 2 is 2.25 bits per heavy atom. The van der Waals surface area contributed by atoms with Crippen LogP contribution in [0, 0.1) is 0 Å². The highest BCUT2D eigenvalue weighted by molar-refractivity contribution is 7.98. The zero-order chi connectivity index (χ0) is 11.8. The second-order valence-electron chi connectivity index (χ2n) is 3.40. The molecule has 16 heavy (non-hydrogen) atoms. The fourth-order valence-electron chi connectivity index (χ4n) is 1.26. The van der Waals surface area contributed by atoms with Crippen LogP contribution in [0.25, 0.3) is 0 Å². The Morgan fingerprint density at radius 3 is 3.00 bits per heavy atom. The van der Waals surface area contributed by atoms with Crippen molar-refractivity contribution in [3.63, 3.8) is 0 Å². The molecule has 0 bridgehead atoms. The van der Waals surface area contributed by atoms with Crippen LogP contribution in [0.1, 0.15) is 19.3 Å². The van der Waals surface area contributed by atoms with Gasteiger partial charge in [-0.1, -0.05) is 18.0 Å². The highest BCUT2D eigenvalue weighted by Gasteiger charge is 2.02. The molecule has 4 nitrogen and oxygen atoms in total. The summed E-state index contributed by atoms with van der Waals surface area (Å²) in [5.41, 5.74) is 5.47.